The molecule has 0 fully saturated rings. The van der Waals surface area contributed by atoms with E-state index >= 15 is 0 Å². The van der Waals surface area contributed by atoms with Gasteiger partial charge in [-0.2, -0.15) is 5.10 Å². The van der Waals surface area contributed by atoms with Crippen molar-refractivity contribution in [2.24, 2.45) is 7.05 Å². The number of amides is 1. The third kappa shape index (κ3) is 3.81. The highest BCUT2D eigenvalue weighted by Gasteiger charge is 2.06. The van der Waals surface area contributed by atoms with Crippen molar-refractivity contribution in [2.45, 2.75) is 13.0 Å². The molecule has 1 atom stereocenters. The maximum absolute atomic E-state index is 11.8. The second kappa shape index (κ2) is 6.00. The fraction of sp³-hybridized carbons (Fsp3) is 0.200. The summed E-state index contributed by atoms with van der Waals surface area (Å²) in [7, 11) is 1.84. The van der Waals surface area contributed by atoms with Gasteiger partial charge in [-0.1, -0.05) is 30.3 Å². The molecule has 0 aliphatic heterocycles. The smallest absolute Gasteiger partial charge is 0.244 e. The van der Waals surface area contributed by atoms with Gasteiger partial charge in [-0.15, -0.1) is 0 Å². The average molecular weight is 255 g/mol. The lowest BCUT2D eigenvalue weighted by atomic mass is 10.1. The van der Waals surface area contributed by atoms with E-state index in [4.69, 9.17) is 0 Å². The quantitative estimate of drug-likeness (QED) is 0.852. The summed E-state index contributed by atoms with van der Waals surface area (Å²) in [6.07, 6.45) is 6.84. The zero-order chi connectivity index (χ0) is 13.7. The van der Waals surface area contributed by atoms with E-state index < -0.39 is 0 Å². The molecular weight excluding hydrogens is 238 g/mol. The van der Waals surface area contributed by atoms with E-state index in [-0.39, 0.29) is 11.9 Å². The summed E-state index contributed by atoms with van der Waals surface area (Å²) >= 11 is 0. The Hall–Kier alpha value is -2.36. The Kier molecular flexibility index (Phi) is 4.13. The Morgan fingerprint density at radius 1 is 1.37 bits per heavy atom. The first-order valence-electron chi connectivity index (χ1n) is 6.17. The van der Waals surface area contributed by atoms with Crippen molar-refractivity contribution in [1.82, 2.24) is 15.1 Å². The van der Waals surface area contributed by atoms with Crippen LogP contribution in [0.5, 0.6) is 0 Å². The third-order valence-corrected chi connectivity index (χ3v) is 2.81. The highest BCUT2D eigenvalue weighted by molar-refractivity contribution is 5.91. The maximum atomic E-state index is 11.8. The van der Waals surface area contributed by atoms with E-state index in [1.54, 1.807) is 17.0 Å². The number of nitrogens with zero attached hydrogens (tertiary/aromatic N) is 2. The Morgan fingerprint density at radius 2 is 2.11 bits per heavy atom. The van der Waals surface area contributed by atoms with Crippen LogP contribution in [0.2, 0.25) is 0 Å². The molecule has 0 aliphatic carbocycles. The van der Waals surface area contributed by atoms with Crippen LogP contribution in [0.4, 0.5) is 0 Å². The third-order valence-electron chi connectivity index (χ3n) is 2.81. The first kappa shape index (κ1) is 13.1. The first-order valence-corrected chi connectivity index (χ1v) is 6.17. The van der Waals surface area contributed by atoms with Crippen LogP contribution < -0.4 is 5.32 Å². The first-order chi connectivity index (χ1) is 9.15. The van der Waals surface area contributed by atoms with Gasteiger partial charge in [0.15, 0.2) is 0 Å². The second-order valence-corrected chi connectivity index (χ2v) is 4.42. The molecule has 0 bridgehead atoms. The molecule has 1 N–H and O–H groups in total. The summed E-state index contributed by atoms with van der Waals surface area (Å²) in [5.74, 6) is -0.111. The van der Waals surface area contributed by atoms with Crippen molar-refractivity contribution >= 4 is 12.0 Å². The Labute approximate surface area is 112 Å². The molecule has 1 aromatic carbocycles. The second-order valence-electron chi connectivity index (χ2n) is 4.42. The van der Waals surface area contributed by atoms with Gasteiger partial charge in [0, 0.05) is 24.9 Å². The van der Waals surface area contributed by atoms with Crippen molar-refractivity contribution in [3.05, 3.63) is 59.9 Å². The van der Waals surface area contributed by atoms with Crippen LogP contribution in [0.25, 0.3) is 6.08 Å². The fourth-order valence-corrected chi connectivity index (χ4v) is 1.78. The molecular formula is C15H17N3O. The number of hydrogen-bond acceptors (Lipinski definition) is 2. The molecule has 0 aliphatic rings. The molecule has 19 heavy (non-hydrogen) atoms. The molecule has 1 aromatic heterocycles. The Morgan fingerprint density at radius 3 is 2.74 bits per heavy atom. The van der Waals surface area contributed by atoms with Gasteiger partial charge < -0.3 is 5.32 Å². The van der Waals surface area contributed by atoms with Crippen LogP contribution in [0.1, 0.15) is 24.1 Å². The van der Waals surface area contributed by atoms with Crippen molar-refractivity contribution < 1.29 is 4.79 Å². The zero-order valence-electron chi connectivity index (χ0n) is 11.1. The summed E-state index contributed by atoms with van der Waals surface area (Å²) in [5, 5.41) is 6.96. The van der Waals surface area contributed by atoms with E-state index in [9.17, 15) is 4.79 Å². The number of carbonyl (C=O) groups is 1. The van der Waals surface area contributed by atoms with Gasteiger partial charge in [-0.3, -0.25) is 9.48 Å². The van der Waals surface area contributed by atoms with Gasteiger partial charge in [-0.05, 0) is 18.6 Å². The summed E-state index contributed by atoms with van der Waals surface area (Å²) in [4.78, 5) is 11.8. The molecule has 2 rings (SSSR count). The van der Waals surface area contributed by atoms with E-state index in [0.29, 0.717) is 0 Å². The standard InChI is InChI=1S/C15H17N3O/c1-12(14-6-4-3-5-7-14)17-15(19)9-8-13-10-16-18(2)11-13/h3-12H,1-2H3,(H,17,19)/b9-8+. The largest absolute Gasteiger partial charge is 0.346 e. The van der Waals surface area contributed by atoms with Crippen molar-refractivity contribution in [3.8, 4) is 0 Å². The molecule has 0 saturated carbocycles. The highest BCUT2D eigenvalue weighted by Crippen LogP contribution is 2.11. The fourth-order valence-electron chi connectivity index (χ4n) is 1.78. The van der Waals surface area contributed by atoms with Crippen LogP contribution in [0.3, 0.4) is 0 Å². The minimum absolute atomic E-state index is 0.00718. The monoisotopic (exact) mass is 255 g/mol. The van der Waals surface area contributed by atoms with Crippen LogP contribution in [0, 0.1) is 0 Å². The van der Waals surface area contributed by atoms with Crippen LogP contribution in [-0.4, -0.2) is 15.7 Å². The van der Waals surface area contributed by atoms with E-state index in [2.05, 4.69) is 10.4 Å². The molecule has 0 radical (unpaired) electrons. The Balaban J connectivity index is 1.93. The molecule has 1 unspecified atom stereocenters. The van der Waals surface area contributed by atoms with Crippen molar-refractivity contribution in [1.29, 1.82) is 0 Å². The summed E-state index contributed by atoms with van der Waals surface area (Å²) in [6, 6.07) is 9.87. The summed E-state index contributed by atoms with van der Waals surface area (Å²) in [6.45, 7) is 1.96. The minimum Gasteiger partial charge on any atom is -0.346 e. The van der Waals surface area contributed by atoms with Crippen LogP contribution in [0.15, 0.2) is 48.8 Å². The van der Waals surface area contributed by atoms with Gasteiger partial charge in [0.25, 0.3) is 0 Å². The molecule has 1 heterocycles. The van der Waals surface area contributed by atoms with Gasteiger partial charge in [0.05, 0.1) is 12.2 Å². The van der Waals surface area contributed by atoms with Gasteiger partial charge in [0.1, 0.15) is 0 Å². The molecule has 1 amide bonds. The normalized spacial score (nSPS) is 12.5. The van der Waals surface area contributed by atoms with Gasteiger partial charge >= 0.3 is 0 Å². The molecule has 0 saturated heterocycles. The van der Waals surface area contributed by atoms with Gasteiger partial charge in [-0.25, -0.2) is 0 Å². The maximum Gasteiger partial charge on any atom is 0.244 e. The lowest BCUT2D eigenvalue weighted by Gasteiger charge is -2.12. The van der Waals surface area contributed by atoms with Crippen LogP contribution in [-0.2, 0) is 11.8 Å². The van der Waals surface area contributed by atoms with Crippen molar-refractivity contribution in [2.75, 3.05) is 0 Å². The minimum atomic E-state index is -0.111. The average Bonchev–Trinajstić information content (AvgIpc) is 2.83. The van der Waals surface area contributed by atoms with E-state index in [0.717, 1.165) is 11.1 Å². The molecule has 2 aromatic rings. The summed E-state index contributed by atoms with van der Waals surface area (Å²) in [5.41, 5.74) is 2.00. The topological polar surface area (TPSA) is 46.9 Å². The van der Waals surface area contributed by atoms with Crippen LogP contribution >= 0.6 is 0 Å². The lowest BCUT2D eigenvalue weighted by molar-refractivity contribution is -0.117. The number of aryl methyl sites for hydroxylation is 1. The number of carbonyl (C=O) groups excluding carboxylic acids is 1. The Bertz CT molecular complexity index is 572. The number of nitrogens with one attached hydrogen (secondary N) is 1. The molecule has 4 nitrogen and oxygen atoms in total. The molecule has 0 spiro atoms. The number of benzene rings is 1. The van der Waals surface area contributed by atoms with Crippen molar-refractivity contribution in [3.63, 3.8) is 0 Å². The number of hydrogen-bond donors (Lipinski definition) is 1. The number of rotatable bonds is 4. The predicted molar refractivity (Wildman–Crippen MR) is 75.2 cm³/mol. The predicted octanol–water partition coefficient (Wildman–Crippen LogP) is 2.31. The number of aromatic nitrogens is 2. The van der Waals surface area contributed by atoms with E-state index in [1.807, 2.05) is 50.5 Å². The molecule has 4 heteroatoms. The summed E-state index contributed by atoms with van der Waals surface area (Å²) < 4.78 is 1.70. The van der Waals surface area contributed by atoms with E-state index in [1.165, 1.54) is 6.08 Å². The lowest BCUT2D eigenvalue weighted by Crippen LogP contribution is -2.24. The zero-order valence-corrected chi connectivity index (χ0v) is 11.1. The molecule has 98 valence electrons. The SMILES string of the molecule is CC(NC(=O)/C=C/c1cnn(C)c1)c1ccccc1. The van der Waals surface area contributed by atoms with Gasteiger partial charge in [0.2, 0.25) is 5.91 Å². The highest BCUT2D eigenvalue weighted by atomic mass is 16.1.